The van der Waals surface area contributed by atoms with Crippen LogP contribution in [0.1, 0.15) is 0 Å². The number of phosphoric ester groups is 1. The molecule has 10 nitrogen and oxygen atoms in total. The van der Waals surface area contributed by atoms with E-state index in [1.807, 2.05) is 0 Å². The molecule has 1 fully saturated rings. The van der Waals surface area contributed by atoms with Crippen LogP contribution < -0.4 is 10.0 Å². The normalized spacial score (nSPS) is 35.5. The SMILES string of the molecule is O=C([O-])C1=CC=C[NH+]([C@H]2O[C@@H](COP(=O)(O)O)[C@H](O)[C@@H]2O)C1. The fourth-order valence-corrected chi connectivity index (χ4v) is 2.67. The van der Waals surface area contributed by atoms with E-state index >= 15 is 0 Å². The summed E-state index contributed by atoms with van der Waals surface area (Å²) in [7, 11) is -4.73. The number of carbonyl (C=O) groups is 1. The first-order chi connectivity index (χ1) is 10.2. The second-order valence-electron chi connectivity index (χ2n) is 4.95. The lowest BCUT2D eigenvalue weighted by Crippen LogP contribution is -3.13. The highest BCUT2D eigenvalue weighted by molar-refractivity contribution is 7.46. The summed E-state index contributed by atoms with van der Waals surface area (Å²) < 4.78 is 20.3. The summed E-state index contributed by atoms with van der Waals surface area (Å²) in [6, 6.07) is 0. The Morgan fingerprint density at radius 2 is 2.14 bits per heavy atom. The topological polar surface area (TPSA) is 161 Å². The van der Waals surface area contributed by atoms with Crippen molar-refractivity contribution in [2.24, 2.45) is 0 Å². The third-order valence-electron chi connectivity index (χ3n) is 3.40. The van der Waals surface area contributed by atoms with Gasteiger partial charge >= 0.3 is 7.82 Å². The zero-order valence-electron chi connectivity index (χ0n) is 11.2. The lowest BCUT2D eigenvalue weighted by atomic mass is 10.1. The number of rotatable bonds is 5. The van der Waals surface area contributed by atoms with Crippen LogP contribution in [-0.4, -0.2) is 63.7 Å². The van der Waals surface area contributed by atoms with Crippen LogP contribution in [0.4, 0.5) is 0 Å². The third-order valence-corrected chi connectivity index (χ3v) is 3.88. The van der Waals surface area contributed by atoms with E-state index in [0.29, 0.717) is 4.90 Å². The number of aliphatic hydroxyl groups excluding tert-OH is 2. The number of quaternary nitrogens is 1. The van der Waals surface area contributed by atoms with Crippen LogP contribution in [0.25, 0.3) is 0 Å². The summed E-state index contributed by atoms with van der Waals surface area (Å²) in [5.74, 6) is -1.35. The second-order valence-corrected chi connectivity index (χ2v) is 6.19. The first kappa shape index (κ1) is 17.3. The molecule has 2 aliphatic heterocycles. The number of carbonyl (C=O) groups excluding carboxylic acids is 1. The molecule has 2 rings (SSSR count). The van der Waals surface area contributed by atoms with Crippen LogP contribution in [0.15, 0.2) is 23.9 Å². The van der Waals surface area contributed by atoms with Crippen molar-refractivity contribution in [2.75, 3.05) is 13.2 Å². The molecule has 5 atom stereocenters. The summed E-state index contributed by atoms with van der Waals surface area (Å²) in [5, 5.41) is 30.7. The zero-order chi connectivity index (χ0) is 16.5. The summed E-state index contributed by atoms with van der Waals surface area (Å²) in [5.41, 5.74) is -0.00212. The predicted octanol–water partition coefficient (Wildman–Crippen LogP) is -4.37. The number of nitrogens with one attached hydrogen (secondary N) is 1. The molecule has 0 spiro atoms. The molecule has 0 bridgehead atoms. The van der Waals surface area contributed by atoms with Gasteiger partial charge in [-0.3, -0.25) is 9.42 Å². The van der Waals surface area contributed by atoms with Crippen LogP contribution in [0, 0.1) is 0 Å². The van der Waals surface area contributed by atoms with Crippen molar-refractivity contribution in [3.63, 3.8) is 0 Å². The maximum Gasteiger partial charge on any atom is 0.469 e. The van der Waals surface area contributed by atoms with E-state index in [0.717, 1.165) is 0 Å². The van der Waals surface area contributed by atoms with Crippen LogP contribution in [-0.2, 0) is 18.6 Å². The molecular weight excluding hydrogens is 321 g/mol. The zero-order valence-corrected chi connectivity index (χ0v) is 12.1. The molecule has 0 aromatic carbocycles. The van der Waals surface area contributed by atoms with Crippen molar-refractivity contribution in [1.29, 1.82) is 0 Å². The third kappa shape index (κ3) is 4.00. The van der Waals surface area contributed by atoms with Crippen LogP contribution in [0.2, 0.25) is 0 Å². The van der Waals surface area contributed by atoms with Gasteiger partial charge in [-0.2, -0.15) is 0 Å². The van der Waals surface area contributed by atoms with Crippen molar-refractivity contribution in [2.45, 2.75) is 24.5 Å². The molecule has 11 heteroatoms. The van der Waals surface area contributed by atoms with Crippen molar-refractivity contribution in [1.82, 2.24) is 0 Å². The maximum atomic E-state index is 10.9. The highest BCUT2D eigenvalue weighted by Gasteiger charge is 2.48. The number of aliphatic hydroxyl groups is 2. The Balaban J connectivity index is 2.01. The first-order valence-electron chi connectivity index (χ1n) is 6.35. The number of carboxylic acids is 1. The molecule has 0 radical (unpaired) electrons. The van der Waals surface area contributed by atoms with E-state index in [9.17, 15) is 24.7 Å². The van der Waals surface area contributed by atoms with E-state index < -0.39 is 44.9 Å². The molecule has 0 aliphatic carbocycles. The molecule has 0 aromatic heterocycles. The van der Waals surface area contributed by atoms with E-state index in [1.54, 1.807) is 6.20 Å². The number of hydrogen-bond donors (Lipinski definition) is 5. The Kier molecular flexibility index (Phi) is 5.15. The maximum absolute atomic E-state index is 10.9. The van der Waals surface area contributed by atoms with Gasteiger partial charge in [0.15, 0.2) is 6.10 Å². The van der Waals surface area contributed by atoms with Gasteiger partial charge in [-0.15, -0.1) is 0 Å². The van der Waals surface area contributed by atoms with Crippen molar-refractivity contribution < 1.29 is 48.6 Å². The molecule has 1 unspecified atom stereocenters. The van der Waals surface area contributed by atoms with Gasteiger partial charge in [-0.05, 0) is 12.2 Å². The minimum Gasteiger partial charge on any atom is -0.545 e. The summed E-state index contributed by atoms with van der Waals surface area (Å²) in [4.78, 5) is 28.5. The van der Waals surface area contributed by atoms with Gasteiger partial charge in [0.1, 0.15) is 18.8 Å². The molecule has 1 saturated heterocycles. The molecular formula is C11H16NO9P. The molecule has 0 amide bonds. The van der Waals surface area contributed by atoms with Gasteiger partial charge in [0.2, 0.25) is 6.23 Å². The molecule has 0 saturated carbocycles. The standard InChI is InChI=1S/C11H16NO9P/c13-8-7(5-20-22(17,18)19)21-10(9(8)14)12-3-1-2-6(4-12)11(15)16/h1-3,7-10,13-14H,4-5H2,(H,15,16)(H2,17,18,19)/t7-,8-,9-,10-/m0/s1. The number of aliphatic carboxylic acids is 1. The Morgan fingerprint density at radius 3 is 2.73 bits per heavy atom. The predicted molar refractivity (Wildman–Crippen MR) is 66.7 cm³/mol. The Bertz CT molecular complexity index is 542. The molecule has 2 heterocycles. The first-order valence-corrected chi connectivity index (χ1v) is 7.88. The molecule has 5 N–H and O–H groups in total. The van der Waals surface area contributed by atoms with E-state index in [4.69, 9.17) is 14.5 Å². The Hall–Kier alpha value is -1.10. The largest absolute Gasteiger partial charge is 0.545 e. The quantitative estimate of drug-likeness (QED) is 0.312. The molecule has 0 aromatic rings. The Labute approximate surface area is 125 Å². The lowest BCUT2D eigenvalue weighted by Gasteiger charge is -2.26. The van der Waals surface area contributed by atoms with E-state index in [-0.39, 0.29) is 12.1 Å². The summed E-state index contributed by atoms with van der Waals surface area (Å²) in [6.07, 6.45) is -0.595. The monoisotopic (exact) mass is 337 g/mol. The van der Waals surface area contributed by atoms with Gasteiger partial charge in [-0.25, -0.2) is 4.57 Å². The van der Waals surface area contributed by atoms with Crippen molar-refractivity contribution in [3.8, 4) is 0 Å². The van der Waals surface area contributed by atoms with Gasteiger partial charge in [0.25, 0.3) is 0 Å². The summed E-state index contributed by atoms with van der Waals surface area (Å²) >= 11 is 0. The van der Waals surface area contributed by atoms with E-state index in [2.05, 4.69) is 4.52 Å². The van der Waals surface area contributed by atoms with Gasteiger partial charge in [0.05, 0.1) is 18.8 Å². The number of phosphoric acid groups is 1. The molecule has 22 heavy (non-hydrogen) atoms. The van der Waals surface area contributed by atoms with Crippen molar-refractivity contribution in [3.05, 3.63) is 23.9 Å². The highest BCUT2D eigenvalue weighted by Crippen LogP contribution is 2.36. The number of hydrogen-bond acceptors (Lipinski definition) is 7. The molecule has 2 aliphatic rings. The smallest absolute Gasteiger partial charge is 0.469 e. The average molecular weight is 337 g/mol. The Morgan fingerprint density at radius 1 is 1.45 bits per heavy atom. The van der Waals surface area contributed by atoms with Crippen LogP contribution >= 0.6 is 7.82 Å². The fraction of sp³-hybridized carbons (Fsp3) is 0.545. The van der Waals surface area contributed by atoms with Gasteiger partial charge in [-0.1, -0.05) is 0 Å². The second kappa shape index (κ2) is 6.57. The molecule has 124 valence electrons. The van der Waals surface area contributed by atoms with Gasteiger partial charge < -0.3 is 34.6 Å². The lowest BCUT2D eigenvalue weighted by molar-refractivity contribution is -0.898. The minimum atomic E-state index is -4.73. The van der Waals surface area contributed by atoms with Crippen molar-refractivity contribution >= 4 is 13.8 Å². The summed E-state index contributed by atoms with van der Waals surface area (Å²) in [6.45, 7) is -0.640. The van der Waals surface area contributed by atoms with Crippen LogP contribution in [0.3, 0.4) is 0 Å². The average Bonchev–Trinajstić information content (AvgIpc) is 2.72. The number of allylic oxidation sites excluding steroid dienone is 2. The highest BCUT2D eigenvalue weighted by atomic mass is 31.2. The number of ether oxygens (including phenoxy) is 1. The fourth-order valence-electron chi connectivity index (χ4n) is 2.32. The minimum absolute atomic E-state index is 0.00212. The van der Waals surface area contributed by atoms with Crippen LogP contribution in [0.5, 0.6) is 0 Å². The van der Waals surface area contributed by atoms with Gasteiger partial charge in [0, 0.05) is 5.57 Å². The van der Waals surface area contributed by atoms with E-state index in [1.165, 1.54) is 12.2 Å². The number of carboxylic acid groups (broad SMARTS) is 1.